The summed E-state index contributed by atoms with van der Waals surface area (Å²) >= 11 is 2.87. The van der Waals surface area contributed by atoms with E-state index < -0.39 is 0 Å². The second-order valence-electron chi connectivity index (χ2n) is 2.78. The maximum atomic E-state index is 11.5. The van der Waals surface area contributed by atoms with Crippen LogP contribution in [0.25, 0.3) is 0 Å². The zero-order chi connectivity index (χ0) is 10.7. The summed E-state index contributed by atoms with van der Waals surface area (Å²) in [6.45, 7) is 1.88. The molecule has 2 heterocycles. The molecule has 0 fully saturated rings. The van der Waals surface area contributed by atoms with Crippen LogP contribution in [0.2, 0.25) is 0 Å². The molecule has 0 aromatic carbocycles. The summed E-state index contributed by atoms with van der Waals surface area (Å²) in [6, 6.07) is 3.36. The molecule has 2 aromatic heterocycles. The Bertz CT molecular complexity index is 450. The molecule has 0 unspecified atom stereocenters. The molecule has 4 nitrogen and oxygen atoms in total. The van der Waals surface area contributed by atoms with Crippen LogP contribution in [0.5, 0.6) is 0 Å². The Balaban J connectivity index is 1.91. The van der Waals surface area contributed by atoms with Gasteiger partial charge >= 0.3 is 0 Å². The van der Waals surface area contributed by atoms with E-state index in [1.165, 1.54) is 29.4 Å². The number of rotatable bonds is 4. The largest absolute Gasteiger partial charge is 0.461 e. The fraction of sp³-hybridized carbons (Fsp3) is 0.222. The molecule has 6 heteroatoms. The van der Waals surface area contributed by atoms with Gasteiger partial charge in [0.1, 0.15) is 5.01 Å². The van der Waals surface area contributed by atoms with Crippen molar-refractivity contribution in [3.05, 3.63) is 29.2 Å². The lowest BCUT2D eigenvalue weighted by Crippen LogP contribution is -1.99. The fourth-order valence-corrected chi connectivity index (χ4v) is 2.66. The van der Waals surface area contributed by atoms with Gasteiger partial charge in [-0.3, -0.25) is 4.79 Å². The van der Waals surface area contributed by atoms with Crippen LogP contribution in [0, 0.1) is 6.92 Å². The van der Waals surface area contributed by atoms with Crippen LogP contribution >= 0.6 is 23.1 Å². The Hall–Kier alpha value is -1.14. The molecule has 0 amide bonds. The lowest BCUT2D eigenvalue weighted by Gasteiger charge is -1.93. The molecule has 2 rings (SSSR count). The van der Waals surface area contributed by atoms with Crippen molar-refractivity contribution < 1.29 is 9.21 Å². The minimum Gasteiger partial charge on any atom is -0.461 e. The molecular weight excluding hydrogens is 232 g/mol. The Morgan fingerprint density at radius 2 is 2.47 bits per heavy atom. The summed E-state index contributed by atoms with van der Waals surface area (Å²) in [4.78, 5) is 11.5. The Morgan fingerprint density at radius 1 is 1.60 bits per heavy atom. The highest BCUT2D eigenvalue weighted by atomic mass is 32.2. The van der Waals surface area contributed by atoms with Crippen molar-refractivity contribution in [3.63, 3.8) is 0 Å². The van der Waals surface area contributed by atoms with Gasteiger partial charge in [0.2, 0.25) is 5.78 Å². The second kappa shape index (κ2) is 4.59. The van der Waals surface area contributed by atoms with Crippen LogP contribution in [-0.4, -0.2) is 21.7 Å². The third-order valence-corrected chi connectivity index (χ3v) is 3.60. The van der Waals surface area contributed by atoms with Crippen LogP contribution in [0.3, 0.4) is 0 Å². The van der Waals surface area contributed by atoms with Gasteiger partial charge in [-0.25, -0.2) is 0 Å². The number of carbonyl (C=O) groups is 1. The molecule has 0 saturated heterocycles. The molecule has 0 atom stereocenters. The van der Waals surface area contributed by atoms with E-state index in [2.05, 4.69) is 10.2 Å². The van der Waals surface area contributed by atoms with Crippen molar-refractivity contribution in [2.45, 2.75) is 11.3 Å². The van der Waals surface area contributed by atoms with Crippen LogP contribution < -0.4 is 0 Å². The van der Waals surface area contributed by atoms with Gasteiger partial charge in [-0.1, -0.05) is 23.1 Å². The van der Waals surface area contributed by atoms with E-state index in [9.17, 15) is 4.79 Å². The van der Waals surface area contributed by atoms with E-state index in [1.807, 2.05) is 6.92 Å². The molecule has 2 aromatic rings. The fourth-order valence-electron chi connectivity index (χ4n) is 0.972. The minimum atomic E-state index is -0.0298. The number of aromatic nitrogens is 2. The van der Waals surface area contributed by atoms with Crippen LogP contribution in [0.4, 0.5) is 0 Å². The molecular formula is C9H8N2O2S2. The number of ketones is 1. The highest BCUT2D eigenvalue weighted by Crippen LogP contribution is 2.22. The summed E-state index contributed by atoms with van der Waals surface area (Å²) in [5.74, 6) is 0.698. The number of thioether (sulfide) groups is 1. The monoisotopic (exact) mass is 240 g/mol. The summed E-state index contributed by atoms with van der Waals surface area (Å²) in [7, 11) is 0. The number of hydrogen-bond donors (Lipinski definition) is 0. The van der Waals surface area contributed by atoms with E-state index in [1.54, 1.807) is 12.1 Å². The number of aryl methyl sites for hydroxylation is 1. The summed E-state index contributed by atoms with van der Waals surface area (Å²) in [5, 5.41) is 8.69. The molecule has 0 bridgehead atoms. The van der Waals surface area contributed by atoms with Gasteiger partial charge < -0.3 is 4.42 Å². The van der Waals surface area contributed by atoms with Gasteiger partial charge in [-0.2, -0.15) is 0 Å². The molecule has 78 valence electrons. The summed E-state index contributed by atoms with van der Waals surface area (Å²) in [6.07, 6.45) is 1.49. The first-order valence-corrected chi connectivity index (χ1v) is 6.05. The van der Waals surface area contributed by atoms with Gasteiger partial charge in [0.05, 0.1) is 12.0 Å². The highest BCUT2D eigenvalue weighted by Gasteiger charge is 2.10. The zero-order valence-corrected chi connectivity index (χ0v) is 9.60. The molecule has 0 aliphatic carbocycles. The SMILES string of the molecule is Cc1nnc(SCC(=O)c2ccco2)s1. The molecule has 0 saturated carbocycles. The lowest BCUT2D eigenvalue weighted by atomic mass is 10.3. The zero-order valence-electron chi connectivity index (χ0n) is 7.97. The Kier molecular flexibility index (Phi) is 3.17. The van der Waals surface area contributed by atoms with Gasteiger partial charge in [-0.05, 0) is 19.1 Å². The standard InChI is InChI=1S/C9H8N2O2S2/c1-6-10-11-9(15-6)14-5-7(12)8-3-2-4-13-8/h2-4H,5H2,1H3. The Morgan fingerprint density at radius 3 is 3.07 bits per heavy atom. The smallest absolute Gasteiger partial charge is 0.208 e. The Labute approximate surface area is 94.7 Å². The van der Waals surface area contributed by atoms with E-state index in [0.29, 0.717) is 11.5 Å². The highest BCUT2D eigenvalue weighted by molar-refractivity contribution is 8.01. The molecule has 0 N–H and O–H groups in total. The topological polar surface area (TPSA) is 56.0 Å². The van der Waals surface area contributed by atoms with Crippen LogP contribution in [0.1, 0.15) is 15.6 Å². The van der Waals surface area contributed by atoms with E-state index >= 15 is 0 Å². The number of Topliss-reactive ketones (excluding diaryl/α,β-unsaturated/α-hetero) is 1. The predicted octanol–water partition coefficient (Wildman–Crippen LogP) is 2.41. The number of furan rings is 1. The summed E-state index contributed by atoms with van der Waals surface area (Å²) < 4.78 is 5.81. The first kappa shape index (κ1) is 10.4. The normalized spacial score (nSPS) is 10.5. The molecule has 15 heavy (non-hydrogen) atoms. The van der Waals surface area contributed by atoms with Gasteiger partial charge in [-0.15, -0.1) is 10.2 Å². The third-order valence-electron chi connectivity index (χ3n) is 1.63. The van der Waals surface area contributed by atoms with Crippen molar-refractivity contribution in [3.8, 4) is 0 Å². The quantitative estimate of drug-likeness (QED) is 0.606. The maximum absolute atomic E-state index is 11.5. The van der Waals surface area contributed by atoms with Crippen molar-refractivity contribution in [1.82, 2.24) is 10.2 Å². The van der Waals surface area contributed by atoms with Crippen molar-refractivity contribution in [1.29, 1.82) is 0 Å². The predicted molar refractivity (Wildman–Crippen MR) is 58.4 cm³/mol. The van der Waals surface area contributed by atoms with Crippen LogP contribution in [-0.2, 0) is 0 Å². The first-order chi connectivity index (χ1) is 7.25. The first-order valence-electron chi connectivity index (χ1n) is 4.25. The summed E-state index contributed by atoms with van der Waals surface area (Å²) in [5.41, 5.74) is 0. The van der Waals surface area contributed by atoms with E-state index in [-0.39, 0.29) is 5.78 Å². The molecule has 0 radical (unpaired) electrons. The van der Waals surface area contributed by atoms with Gasteiger partial charge in [0.15, 0.2) is 10.1 Å². The molecule has 0 spiro atoms. The van der Waals surface area contributed by atoms with Crippen molar-refractivity contribution >= 4 is 28.9 Å². The molecule has 0 aliphatic heterocycles. The second-order valence-corrected chi connectivity index (χ2v) is 5.18. The van der Waals surface area contributed by atoms with Gasteiger partial charge in [0, 0.05) is 0 Å². The van der Waals surface area contributed by atoms with Crippen molar-refractivity contribution in [2.24, 2.45) is 0 Å². The third kappa shape index (κ3) is 2.66. The average molecular weight is 240 g/mol. The lowest BCUT2D eigenvalue weighted by molar-refractivity contribution is 0.0992. The maximum Gasteiger partial charge on any atom is 0.208 e. The van der Waals surface area contributed by atoms with Gasteiger partial charge in [0.25, 0.3) is 0 Å². The number of hydrogen-bond acceptors (Lipinski definition) is 6. The van der Waals surface area contributed by atoms with Crippen molar-refractivity contribution in [2.75, 3.05) is 5.75 Å². The number of carbonyl (C=O) groups excluding carboxylic acids is 1. The average Bonchev–Trinajstić information content (AvgIpc) is 2.84. The van der Waals surface area contributed by atoms with E-state index in [4.69, 9.17) is 4.42 Å². The van der Waals surface area contributed by atoms with Crippen LogP contribution in [0.15, 0.2) is 27.2 Å². The van der Waals surface area contributed by atoms with E-state index in [0.717, 1.165) is 9.35 Å². The minimum absolute atomic E-state index is 0.0298. The number of nitrogens with zero attached hydrogens (tertiary/aromatic N) is 2. The molecule has 0 aliphatic rings.